The third-order valence-corrected chi connectivity index (χ3v) is 4.36. The standard InChI is InChI=1S/C10H17N/c1-11-6-9-5-10(11)8-3-2-7(9)4-8/h7-10H,2-6H2,1H3. The van der Waals surface area contributed by atoms with E-state index in [1.807, 2.05) is 0 Å². The Balaban J connectivity index is 1.93. The minimum Gasteiger partial charge on any atom is -0.303 e. The number of hydrogen-bond acceptors (Lipinski definition) is 1. The monoisotopic (exact) mass is 151 g/mol. The van der Waals surface area contributed by atoms with Gasteiger partial charge < -0.3 is 4.90 Å². The minimum atomic E-state index is 0.985. The first kappa shape index (κ1) is 6.47. The van der Waals surface area contributed by atoms with Gasteiger partial charge >= 0.3 is 0 Å². The molecule has 4 atom stereocenters. The summed E-state index contributed by atoms with van der Waals surface area (Å²) in [6.45, 7) is 1.41. The van der Waals surface area contributed by atoms with Crippen molar-refractivity contribution in [1.82, 2.24) is 4.90 Å². The van der Waals surface area contributed by atoms with E-state index in [2.05, 4.69) is 11.9 Å². The van der Waals surface area contributed by atoms with E-state index in [9.17, 15) is 0 Å². The number of rotatable bonds is 0. The van der Waals surface area contributed by atoms with E-state index in [1.54, 1.807) is 12.8 Å². The van der Waals surface area contributed by atoms with Gasteiger partial charge in [0.05, 0.1) is 0 Å². The first-order chi connectivity index (χ1) is 5.34. The first-order valence-corrected chi connectivity index (χ1v) is 5.05. The maximum Gasteiger partial charge on any atom is 0.0124 e. The van der Waals surface area contributed by atoms with Crippen LogP contribution in [0.25, 0.3) is 0 Å². The quantitative estimate of drug-likeness (QED) is 0.509. The molecule has 4 unspecified atom stereocenters. The molecule has 0 radical (unpaired) electrons. The highest BCUT2D eigenvalue weighted by molar-refractivity contribution is 5.00. The molecule has 3 rings (SSSR count). The van der Waals surface area contributed by atoms with E-state index in [0.29, 0.717) is 0 Å². The molecular weight excluding hydrogens is 134 g/mol. The summed E-state index contributed by atoms with van der Waals surface area (Å²) in [6.07, 6.45) is 6.20. The van der Waals surface area contributed by atoms with Crippen LogP contribution < -0.4 is 0 Å². The Kier molecular flexibility index (Phi) is 1.18. The average Bonchev–Trinajstić information content (AvgIpc) is 2.49. The Morgan fingerprint density at radius 3 is 2.73 bits per heavy atom. The van der Waals surface area contributed by atoms with E-state index in [0.717, 1.165) is 23.8 Å². The Labute approximate surface area is 68.8 Å². The second-order valence-corrected chi connectivity index (χ2v) is 4.84. The summed E-state index contributed by atoms with van der Waals surface area (Å²) in [5.41, 5.74) is 0. The van der Waals surface area contributed by atoms with Gasteiger partial charge in [-0.1, -0.05) is 0 Å². The molecule has 1 nitrogen and oxygen atoms in total. The lowest BCUT2D eigenvalue weighted by molar-refractivity contribution is 0.223. The summed E-state index contributed by atoms with van der Waals surface area (Å²) in [7, 11) is 2.32. The van der Waals surface area contributed by atoms with E-state index in [1.165, 1.54) is 19.4 Å². The molecule has 0 N–H and O–H groups in total. The van der Waals surface area contributed by atoms with Crippen LogP contribution in [0.3, 0.4) is 0 Å². The van der Waals surface area contributed by atoms with Crippen LogP contribution in [0.15, 0.2) is 0 Å². The molecule has 0 aromatic carbocycles. The summed E-state index contributed by atoms with van der Waals surface area (Å²) in [4.78, 5) is 2.62. The Hall–Kier alpha value is -0.0400. The summed E-state index contributed by atoms with van der Waals surface area (Å²) in [5.74, 6) is 3.30. The highest BCUT2D eigenvalue weighted by atomic mass is 15.2. The van der Waals surface area contributed by atoms with E-state index < -0.39 is 0 Å². The molecule has 3 fully saturated rings. The smallest absolute Gasteiger partial charge is 0.0124 e. The predicted molar refractivity (Wildman–Crippen MR) is 45.4 cm³/mol. The van der Waals surface area contributed by atoms with Crippen molar-refractivity contribution in [1.29, 1.82) is 0 Å². The summed E-state index contributed by atoms with van der Waals surface area (Å²) < 4.78 is 0. The molecule has 62 valence electrons. The second-order valence-electron chi connectivity index (χ2n) is 4.84. The van der Waals surface area contributed by atoms with Crippen molar-refractivity contribution in [2.45, 2.75) is 31.7 Å². The molecule has 0 aromatic rings. The summed E-state index contributed by atoms with van der Waals surface area (Å²) in [6, 6.07) is 0.985. The van der Waals surface area contributed by atoms with Crippen LogP contribution in [-0.2, 0) is 0 Å². The molecule has 11 heavy (non-hydrogen) atoms. The molecule has 4 bridgehead atoms. The fraction of sp³-hybridized carbons (Fsp3) is 1.00. The van der Waals surface area contributed by atoms with Crippen LogP contribution in [0, 0.1) is 17.8 Å². The van der Waals surface area contributed by atoms with Gasteiger partial charge in [0, 0.05) is 12.6 Å². The van der Waals surface area contributed by atoms with Gasteiger partial charge in [0.1, 0.15) is 0 Å². The molecule has 1 saturated heterocycles. The molecule has 0 spiro atoms. The Morgan fingerprint density at radius 1 is 1.00 bits per heavy atom. The third kappa shape index (κ3) is 0.752. The molecule has 1 heterocycles. The van der Waals surface area contributed by atoms with Crippen LogP contribution in [-0.4, -0.2) is 24.5 Å². The van der Waals surface area contributed by atoms with Crippen molar-refractivity contribution in [3.05, 3.63) is 0 Å². The molecule has 1 aliphatic heterocycles. The van der Waals surface area contributed by atoms with Crippen LogP contribution in [0.1, 0.15) is 25.7 Å². The molecule has 0 aromatic heterocycles. The van der Waals surface area contributed by atoms with Crippen LogP contribution in [0.4, 0.5) is 0 Å². The fourth-order valence-electron chi connectivity index (χ4n) is 3.79. The van der Waals surface area contributed by atoms with Crippen LogP contribution in [0.2, 0.25) is 0 Å². The number of likely N-dealkylation sites (tertiary alicyclic amines) is 1. The van der Waals surface area contributed by atoms with Gasteiger partial charge in [0.2, 0.25) is 0 Å². The second kappa shape index (κ2) is 2.01. The Morgan fingerprint density at radius 2 is 1.82 bits per heavy atom. The van der Waals surface area contributed by atoms with E-state index in [4.69, 9.17) is 0 Å². The average molecular weight is 151 g/mol. The first-order valence-electron chi connectivity index (χ1n) is 5.05. The SMILES string of the molecule is CN1CC2CC1C1CCC2C1. The lowest BCUT2D eigenvalue weighted by atomic mass is 9.81. The summed E-state index contributed by atoms with van der Waals surface area (Å²) in [5, 5.41) is 0. The molecule has 2 aliphatic carbocycles. The number of hydrogen-bond donors (Lipinski definition) is 0. The lowest BCUT2D eigenvalue weighted by Crippen LogP contribution is -2.31. The largest absolute Gasteiger partial charge is 0.303 e. The van der Waals surface area contributed by atoms with Gasteiger partial charge in [-0.05, 0) is 50.5 Å². The molecule has 3 aliphatic rings. The zero-order chi connectivity index (χ0) is 7.42. The maximum atomic E-state index is 2.62. The predicted octanol–water partition coefficient (Wildman–Crippen LogP) is 1.74. The fourth-order valence-corrected chi connectivity index (χ4v) is 3.79. The zero-order valence-electron chi connectivity index (χ0n) is 7.29. The molecule has 1 heteroatoms. The molecular formula is C10H17N. The van der Waals surface area contributed by atoms with Crippen molar-refractivity contribution in [3.8, 4) is 0 Å². The van der Waals surface area contributed by atoms with E-state index >= 15 is 0 Å². The third-order valence-electron chi connectivity index (χ3n) is 4.36. The van der Waals surface area contributed by atoms with Gasteiger partial charge in [-0.25, -0.2) is 0 Å². The van der Waals surface area contributed by atoms with E-state index in [-0.39, 0.29) is 0 Å². The van der Waals surface area contributed by atoms with Gasteiger partial charge in [0.25, 0.3) is 0 Å². The lowest BCUT2D eigenvalue weighted by Gasteiger charge is -2.27. The van der Waals surface area contributed by atoms with Gasteiger partial charge in [-0.3, -0.25) is 0 Å². The molecule has 2 saturated carbocycles. The van der Waals surface area contributed by atoms with Crippen molar-refractivity contribution in [3.63, 3.8) is 0 Å². The van der Waals surface area contributed by atoms with Crippen molar-refractivity contribution in [2.24, 2.45) is 17.8 Å². The minimum absolute atomic E-state index is 0.985. The molecule has 0 amide bonds. The number of fused-ring (bicyclic) bond motifs is 6. The van der Waals surface area contributed by atoms with Gasteiger partial charge in [0.15, 0.2) is 0 Å². The highest BCUT2D eigenvalue weighted by Crippen LogP contribution is 2.50. The van der Waals surface area contributed by atoms with Crippen LogP contribution >= 0.6 is 0 Å². The topological polar surface area (TPSA) is 3.24 Å². The highest BCUT2D eigenvalue weighted by Gasteiger charge is 2.47. The van der Waals surface area contributed by atoms with Crippen molar-refractivity contribution < 1.29 is 0 Å². The normalized spacial score (nSPS) is 55.4. The zero-order valence-corrected chi connectivity index (χ0v) is 7.29. The van der Waals surface area contributed by atoms with Gasteiger partial charge in [-0.15, -0.1) is 0 Å². The maximum absolute atomic E-state index is 2.62. The van der Waals surface area contributed by atoms with Crippen molar-refractivity contribution >= 4 is 0 Å². The number of nitrogens with zero attached hydrogens (tertiary/aromatic N) is 1. The van der Waals surface area contributed by atoms with Crippen LogP contribution in [0.5, 0.6) is 0 Å². The Bertz CT molecular complexity index is 178. The summed E-state index contributed by atoms with van der Waals surface area (Å²) >= 11 is 0. The van der Waals surface area contributed by atoms with Crippen molar-refractivity contribution in [2.75, 3.05) is 13.6 Å². The van der Waals surface area contributed by atoms with Gasteiger partial charge in [-0.2, -0.15) is 0 Å².